The second-order valence-corrected chi connectivity index (χ2v) is 5.08. The van der Waals surface area contributed by atoms with E-state index in [1.807, 2.05) is 0 Å². The van der Waals surface area contributed by atoms with Crippen LogP contribution in [0.1, 0.15) is 26.7 Å². The topological polar surface area (TPSA) is 51.2 Å². The third-order valence-electron chi connectivity index (χ3n) is 1.49. The maximum Gasteiger partial charge on any atom is 0.172 e. The summed E-state index contributed by atoms with van der Waals surface area (Å²) < 4.78 is 22.4. The van der Waals surface area contributed by atoms with E-state index >= 15 is 0 Å². The van der Waals surface area contributed by atoms with Crippen LogP contribution in [-0.2, 0) is 14.6 Å². The molecule has 3 nitrogen and oxygen atoms in total. The van der Waals surface area contributed by atoms with Crippen LogP contribution in [0.25, 0.3) is 0 Å². The van der Waals surface area contributed by atoms with Crippen LogP contribution in [0.5, 0.6) is 0 Å². The molecule has 0 rings (SSSR count). The number of sulfone groups is 1. The lowest BCUT2D eigenvalue weighted by molar-refractivity contribution is -0.116. The second-order valence-electron chi connectivity index (χ2n) is 3.01. The van der Waals surface area contributed by atoms with Crippen molar-refractivity contribution in [2.45, 2.75) is 26.7 Å². The molecule has 0 fully saturated rings. The van der Waals surface area contributed by atoms with E-state index in [0.29, 0.717) is 12.8 Å². The zero-order valence-electron chi connectivity index (χ0n) is 8.96. The van der Waals surface area contributed by atoms with Gasteiger partial charge in [-0.05, 0) is 13.8 Å². The molecular weight excluding hydrogens is 212 g/mol. The van der Waals surface area contributed by atoms with Crippen molar-refractivity contribution in [2.75, 3.05) is 11.5 Å². The van der Waals surface area contributed by atoms with Crippen molar-refractivity contribution in [3.63, 3.8) is 0 Å². The monoisotopic (exact) mass is 226 g/mol. The predicted molar refractivity (Wildman–Crippen MR) is 59.8 cm³/mol. The first kappa shape index (κ1) is 13.7. The van der Waals surface area contributed by atoms with Crippen molar-refractivity contribution in [1.82, 2.24) is 0 Å². The molecule has 0 aromatic carbocycles. The van der Waals surface area contributed by atoms with Crippen LogP contribution in [0.15, 0.2) is 0 Å². The minimum atomic E-state index is -3.18. The third-order valence-corrected chi connectivity index (χ3v) is 2.66. The molecule has 0 aromatic rings. The van der Waals surface area contributed by atoms with Crippen LogP contribution >= 0.6 is 0 Å². The number of Topliss-reactive ketones (excluding diaryl/α,β-unsaturated/α-hetero) is 1. The lowest BCUT2D eigenvalue weighted by Crippen LogP contribution is -2.07. The molecule has 0 radical (unpaired) electrons. The molecule has 0 aliphatic carbocycles. The molecule has 0 saturated heterocycles. The maximum absolute atomic E-state index is 11.2. The Kier molecular flexibility index (Phi) is 6.49. The molecule has 0 aromatic heterocycles. The summed E-state index contributed by atoms with van der Waals surface area (Å²) in [5.74, 6) is 9.92. The maximum atomic E-state index is 11.2. The molecule has 0 aliphatic rings. The highest BCUT2D eigenvalue weighted by atomic mass is 32.2. The number of hydrogen-bond donors (Lipinski definition) is 0. The lowest BCUT2D eigenvalue weighted by atomic mass is 10.2. The van der Waals surface area contributed by atoms with Gasteiger partial charge in [-0.2, -0.15) is 0 Å². The van der Waals surface area contributed by atoms with Crippen molar-refractivity contribution in [3.05, 3.63) is 0 Å². The van der Waals surface area contributed by atoms with Crippen LogP contribution in [0.4, 0.5) is 0 Å². The summed E-state index contributed by atoms with van der Waals surface area (Å²) in [5.41, 5.74) is 0. The van der Waals surface area contributed by atoms with Crippen molar-refractivity contribution >= 4 is 15.6 Å². The Balaban J connectivity index is 4.01. The normalized spacial score (nSPS) is 9.47. The highest BCUT2D eigenvalue weighted by molar-refractivity contribution is 7.91. The molecule has 0 aliphatic heterocycles. The summed E-state index contributed by atoms with van der Waals surface area (Å²) in [6, 6.07) is 0. The molecule has 82 valence electrons. The first-order valence-corrected chi connectivity index (χ1v) is 6.35. The molecule has 0 heterocycles. The minimum absolute atomic E-state index is 0.0593. The van der Waals surface area contributed by atoms with E-state index in [2.05, 4.69) is 23.7 Å². The molecule has 0 amide bonds. The number of carbonyl (C=O) groups is 1. The van der Waals surface area contributed by atoms with Gasteiger partial charge in [-0.3, -0.25) is 4.79 Å². The van der Waals surface area contributed by atoms with E-state index in [9.17, 15) is 13.2 Å². The fourth-order valence-corrected chi connectivity index (χ4v) is 1.51. The van der Waals surface area contributed by atoms with Gasteiger partial charge in [0.1, 0.15) is 17.3 Å². The standard InChI is InChI=1S/C11H14O3S/c1-3-4-9-15(13,14)10-7-5-6-8-11(2)12/h6,8-10H2,1-2H3. The Morgan fingerprint density at radius 3 is 2.27 bits per heavy atom. The van der Waals surface area contributed by atoms with Crippen LogP contribution in [0.2, 0.25) is 0 Å². The Morgan fingerprint density at radius 2 is 1.73 bits per heavy atom. The number of carbonyl (C=O) groups excluding carboxylic acids is 1. The average molecular weight is 226 g/mol. The third kappa shape index (κ3) is 9.05. The second kappa shape index (κ2) is 7.09. The van der Waals surface area contributed by atoms with Crippen molar-refractivity contribution in [1.29, 1.82) is 0 Å². The summed E-state index contributed by atoms with van der Waals surface area (Å²) in [4.78, 5) is 10.5. The van der Waals surface area contributed by atoms with Gasteiger partial charge in [0.15, 0.2) is 9.84 Å². The molecule has 0 saturated carbocycles. The van der Waals surface area contributed by atoms with Crippen LogP contribution < -0.4 is 0 Å². The van der Waals surface area contributed by atoms with Crippen molar-refractivity contribution in [2.24, 2.45) is 0 Å². The van der Waals surface area contributed by atoms with Gasteiger partial charge in [0.2, 0.25) is 0 Å². The molecule has 0 spiro atoms. The first-order chi connectivity index (χ1) is 6.98. The van der Waals surface area contributed by atoms with Crippen LogP contribution in [-0.4, -0.2) is 25.7 Å². The Labute approximate surface area is 91.2 Å². The molecule has 0 atom stereocenters. The number of rotatable bonds is 4. The van der Waals surface area contributed by atoms with Gasteiger partial charge in [-0.1, -0.05) is 11.8 Å². The van der Waals surface area contributed by atoms with E-state index in [1.54, 1.807) is 6.92 Å². The zero-order valence-corrected chi connectivity index (χ0v) is 9.78. The van der Waals surface area contributed by atoms with Gasteiger partial charge in [-0.25, -0.2) is 8.42 Å². The van der Waals surface area contributed by atoms with Gasteiger partial charge in [-0.15, -0.1) is 11.8 Å². The minimum Gasteiger partial charge on any atom is -0.300 e. The Hall–Kier alpha value is -1.26. The highest BCUT2D eigenvalue weighted by Gasteiger charge is 2.05. The summed E-state index contributed by atoms with van der Waals surface area (Å²) in [7, 11) is -3.18. The fraction of sp³-hybridized carbons (Fsp3) is 0.545. The van der Waals surface area contributed by atoms with E-state index < -0.39 is 9.84 Å². The average Bonchev–Trinajstić information content (AvgIpc) is 2.14. The number of hydrogen-bond acceptors (Lipinski definition) is 3. The van der Waals surface area contributed by atoms with Crippen molar-refractivity contribution < 1.29 is 13.2 Å². The summed E-state index contributed by atoms with van der Waals surface area (Å²) >= 11 is 0. The van der Waals surface area contributed by atoms with Crippen LogP contribution in [0, 0.1) is 23.7 Å². The Morgan fingerprint density at radius 1 is 1.13 bits per heavy atom. The summed E-state index contributed by atoms with van der Waals surface area (Å²) in [6.07, 6.45) is 0.798. The van der Waals surface area contributed by atoms with Gasteiger partial charge in [0, 0.05) is 12.8 Å². The van der Waals surface area contributed by atoms with E-state index in [0.717, 1.165) is 0 Å². The first-order valence-electron chi connectivity index (χ1n) is 4.53. The lowest BCUT2D eigenvalue weighted by Gasteiger charge is -1.91. The molecule has 0 unspecified atom stereocenters. The summed E-state index contributed by atoms with van der Waals surface area (Å²) in [6.45, 7) is 3.07. The van der Waals surface area contributed by atoms with Crippen LogP contribution in [0.3, 0.4) is 0 Å². The van der Waals surface area contributed by atoms with Gasteiger partial charge in [0.05, 0.1) is 0 Å². The molecule has 0 bridgehead atoms. The highest BCUT2D eigenvalue weighted by Crippen LogP contribution is 1.90. The fourth-order valence-electron chi connectivity index (χ4n) is 0.721. The quantitative estimate of drug-likeness (QED) is 0.666. The number of ketones is 1. The van der Waals surface area contributed by atoms with Crippen molar-refractivity contribution in [3.8, 4) is 23.7 Å². The van der Waals surface area contributed by atoms with Gasteiger partial charge >= 0.3 is 0 Å². The molecule has 4 heteroatoms. The SMILES string of the molecule is CC#CCS(=O)(=O)CC#CCCC(C)=O. The van der Waals surface area contributed by atoms with Gasteiger partial charge < -0.3 is 0 Å². The zero-order chi connectivity index (χ0) is 11.7. The van der Waals surface area contributed by atoms with E-state index in [4.69, 9.17) is 0 Å². The molecule has 0 N–H and O–H groups in total. The van der Waals surface area contributed by atoms with E-state index in [1.165, 1.54) is 6.92 Å². The molecule has 15 heavy (non-hydrogen) atoms. The Bertz CT molecular complexity index is 424. The van der Waals surface area contributed by atoms with E-state index in [-0.39, 0.29) is 17.3 Å². The predicted octanol–water partition coefficient (Wildman–Crippen LogP) is 0.797. The van der Waals surface area contributed by atoms with Gasteiger partial charge in [0.25, 0.3) is 0 Å². The largest absolute Gasteiger partial charge is 0.300 e. The molecular formula is C11H14O3S. The smallest absolute Gasteiger partial charge is 0.172 e. The summed E-state index contributed by atoms with van der Waals surface area (Å²) in [5, 5.41) is 0.